The average molecular weight is 193 g/mol. The summed E-state index contributed by atoms with van der Waals surface area (Å²) in [5, 5.41) is 3.44. The van der Waals surface area contributed by atoms with Gasteiger partial charge in [0.1, 0.15) is 5.82 Å². The molecule has 0 saturated carbocycles. The van der Waals surface area contributed by atoms with Crippen LogP contribution in [-0.2, 0) is 0 Å². The van der Waals surface area contributed by atoms with Crippen LogP contribution in [0.1, 0.15) is 44.5 Å². The Morgan fingerprint density at radius 1 is 1.57 bits per heavy atom. The third-order valence-electron chi connectivity index (χ3n) is 2.92. The number of rotatable bonds is 2. The van der Waals surface area contributed by atoms with E-state index >= 15 is 0 Å². The van der Waals surface area contributed by atoms with Gasteiger partial charge in [0.2, 0.25) is 0 Å². The van der Waals surface area contributed by atoms with Gasteiger partial charge in [0.05, 0.1) is 0 Å². The minimum atomic E-state index is 0.523. The molecular weight excluding hydrogens is 174 g/mol. The Morgan fingerprint density at radius 2 is 2.43 bits per heavy atom. The van der Waals surface area contributed by atoms with Crippen LogP contribution in [0, 0.1) is 0 Å². The molecule has 1 aliphatic heterocycles. The van der Waals surface area contributed by atoms with E-state index in [2.05, 4.69) is 34.9 Å². The Labute approximate surface area is 85.5 Å². The largest absolute Gasteiger partial charge is 0.332 e. The third kappa shape index (κ3) is 1.82. The lowest BCUT2D eigenvalue weighted by atomic mass is 9.98. The molecule has 0 aliphatic carbocycles. The Morgan fingerprint density at radius 3 is 3.07 bits per heavy atom. The Balaban J connectivity index is 2.17. The maximum atomic E-state index is 4.48. The molecule has 3 nitrogen and oxygen atoms in total. The molecule has 2 rings (SSSR count). The van der Waals surface area contributed by atoms with Crippen LogP contribution in [0.3, 0.4) is 0 Å². The van der Waals surface area contributed by atoms with Gasteiger partial charge in [-0.2, -0.15) is 0 Å². The summed E-state index contributed by atoms with van der Waals surface area (Å²) in [7, 11) is 0. The van der Waals surface area contributed by atoms with Crippen LogP contribution in [0.25, 0.3) is 0 Å². The van der Waals surface area contributed by atoms with Crippen molar-refractivity contribution in [3.05, 3.63) is 18.2 Å². The van der Waals surface area contributed by atoms with E-state index in [9.17, 15) is 0 Å². The summed E-state index contributed by atoms with van der Waals surface area (Å²) in [6.45, 7) is 6.67. The summed E-state index contributed by atoms with van der Waals surface area (Å²) in [6.07, 6.45) is 6.56. The minimum absolute atomic E-state index is 0.523. The van der Waals surface area contributed by atoms with Crippen molar-refractivity contribution in [3.63, 3.8) is 0 Å². The smallest absolute Gasteiger partial charge is 0.113 e. The molecule has 1 N–H and O–H groups in total. The fraction of sp³-hybridized carbons (Fsp3) is 0.727. The van der Waals surface area contributed by atoms with Gasteiger partial charge in [-0.1, -0.05) is 0 Å². The molecule has 0 aromatic carbocycles. The van der Waals surface area contributed by atoms with Crippen molar-refractivity contribution in [1.82, 2.24) is 14.9 Å². The van der Waals surface area contributed by atoms with Crippen molar-refractivity contribution in [3.8, 4) is 0 Å². The van der Waals surface area contributed by atoms with Crippen LogP contribution in [-0.4, -0.2) is 22.6 Å². The van der Waals surface area contributed by atoms with E-state index in [-0.39, 0.29) is 0 Å². The van der Waals surface area contributed by atoms with Crippen molar-refractivity contribution >= 4 is 0 Å². The Bertz CT molecular complexity index is 284. The lowest BCUT2D eigenvalue weighted by Gasteiger charge is -2.24. The predicted molar refractivity (Wildman–Crippen MR) is 57.5 cm³/mol. The second-order valence-electron chi connectivity index (χ2n) is 4.33. The average Bonchev–Trinajstić information content (AvgIpc) is 2.67. The molecule has 0 spiro atoms. The van der Waals surface area contributed by atoms with Gasteiger partial charge in [-0.3, -0.25) is 0 Å². The zero-order chi connectivity index (χ0) is 9.97. The van der Waals surface area contributed by atoms with Gasteiger partial charge in [-0.15, -0.1) is 0 Å². The monoisotopic (exact) mass is 193 g/mol. The first kappa shape index (κ1) is 9.71. The van der Waals surface area contributed by atoms with Crippen molar-refractivity contribution in [2.75, 3.05) is 13.1 Å². The minimum Gasteiger partial charge on any atom is -0.332 e. The van der Waals surface area contributed by atoms with Crippen LogP contribution >= 0.6 is 0 Å². The third-order valence-corrected chi connectivity index (χ3v) is 2.92. The van der Waals surface area contributed by atoms with E-state index in [0.717, 1.165) is 6.54 Å². The molecule has 0 radical (unpaired) electrons. The fourth-order valence-corrected chi connectivity index (χ4v) is 2.15. The highest BCUT2D eigenvalue weighted by Gasteiger charge is 2.20. The maximum absolute atomic E-state index is 4.48. The van der Waals surface area contributed by atoms with Gasteiger partial charge in [-0.05, 0) is 33.2 Å². The highest BCUT2D eigenvalue weighted by atomic mass is 15.1. The van der Waals surface area contributed by atoms with E-state index in [1.165, 1.54) is 25.2 Å². The molecule has 1 aromatic rings. The Hall–Kier alpha value is -0.830. The topological polar surface area (TPSA) is 29.9 Å². The first-order valence-corrected chi connectivity index (χ1v) is 5.52. The van der Waals surface area contributed by atoms with E-state index < -0.39 is 0 Å². The first-order chi connectivity index (χ1) is 6.79. The predicted octanol–water partition coefficient (Wildman–Crippen LogP) is 1.93. The molecule has 1 saturated heterocycles. The molecule has 1 aliphatic rings. The lowest BCUT2D eigenvalue weighted by molar-refractivity contribution is 0.422. The number of aromatic nitrogens is 2. The van der Waals surface area contributed by atoms with Crippen LogP contribution in [0.5, 0.6) is 0 Å². The number of nitrogens with zero attached hydrogens (tertiary/aromatic N) is 2. The van der Waals surface area contributed by atoms with E-state index in [1.54, 1.807) is 0 Å². The summed E-state index contributed by atoms with van der Waals surface area (Å²) in [5.41, 5.74) is 0. The quantitative estimate of drug-likeness (QED) is 0.777. The van der Waals surface area contributed by atoms with E-state index in [1.807, 2.05) is 6.20 Å². The molecule has 1 aromatic heterocycles. The van der Waals surface area contributed by atoms with Crippen LogP contribution in [0.4, 0.5) is 0 Å². The molecule has 3 heteroatoms. The molecule has 14 heavy (non-hydrogen) atoms. The zero-order valence-corrected chi connectivity index (χ0v) is 9.03. The highest BCUT2D eigenvalue weighted by molar-refractivity contribution is 5.03. The molecule has 1 fully saturated rings. The van der Waals surface area contributed by atoms with Gasteiger partial charge < -0.3 is 9.88 Å². The van der Waals surface area contributed by atoms with Crippen LogP contribution < -0.4 is 5.32 Å². The van der Waals surface area contributed by atoms with Crippen LogP contribution in [0.15, 0.2) is 12.4 Å². The second kappa shape index (κ2) is 4.13. The summed E-state index contributed by atoms with van der Waals surface area (Å²) in [4.78, 5) is 4.48. The first-order valence-electron chi connectivity index (χ1n) is 5.52. The Kier molecular flexibility index (Phi) is 2.87. The number of hydrogen-bond donors (Lipinski definition) is 1. The molecule has 2 heterocycles. The maximum Gasteiger partial charge on any atom is 0.113 e. The summed E-state index contributed by atoms with van der Waals surface area (Å²) in [5.74, 6) is 1.87. The fourth-order valence-electron chi connectivity index (χ4n) is 2.15. The summed E-state index contributed by atoms with van der Waals surface area (Å²) >= 11 is 0. The van der Waals surface area contributed by atoms with Crippen LogP contribution in [0.2, 0.25) is 0 Å². The van der Waals surface area contributed by atoms with Crippen molar-refractivity contribution in [2.24, 2.45) is 0 Å². The second-order valence-corrected chi connectivity index (χ2v) is 4.33. The van der Waals surface area contributed by atoms with Crippen molar-refractivity contribution in [1.29, 1.82) is 0 Å². The number of nitrogens with one attached hydrogen (secondary N) is 1. The van der Waals surface area contributed by atoms with Crippen molar-refractivity contribution in [2.45, 2.75) is 38.6 Å². The molecule has 0 unspecified atom stereocenters. The molecule has 0 amide bonds. The summed E-state index contributed by atoms with van der Waals surface area (Å²) < 4.78 is 2.29. The molecule has 78 valence electrons. The van der Waals surface area contributed by atoms with Gasteiger partial charge in [0, 0.05) is 30.9 Å². The SMILES string of the molecule is CC(C)n1ccnc1[C@@H]1CCCNC1. The number of imidazole rings is 1. The van der Waals surface area contributed by atoms with E-state index in [0.29, 0.717) is 12.0 Å². The molecule has 0 bridgehead atoms. The van der Waals surface area contributed by atoms with Gasteiger partial charge in [-0.25, -0.2) is 4.98 Å². The number of hydrogen-bond acceptors (Lipinski definition) is 2. The number of piperidine rings is 1. The standard InChI is InChI=1S/C11H19N3/c1-9(2)14-7-6-13-11(14)10-4-3-5-12-8-10/h6-7,9-10,12H,3-5,8H2,1-2H3/t10-/m1/s1. The summed E-state index contributed by atoms with van der Waals surface area (Å²) in [6, 6.07) is 0.523. The van der Waals surface area contributed by atoms with Gasteiger partial charge in [0.15, 0.2) is 0 Å². The van der Waals surface area contributed by atoms with Gasteiger partial charge in [0.25, 0.3) is 0 Å². The highest BCUT2D eigenvalue weighted by Crippen LogP contribution is 2.23. The molecular formula is C11H19N3. The zero-order valence-electron chi connectivity index (χ0n) is 9.03. The lowest BCUT2D eigenvalue weighted by Crippen LogP contribution is -2.30. The molecule has 1 atom stereocenters. The normalized spacial score (nSPS) is 22.9. The van der Waals surface area contributed by atoms with Gasteiger partial charge >= 0.3 is 0 Å². The van der Waals surface area contributed by atoms with E-state index in [4.69, 9.17) is 0 Å². The van der Waals surface area contributed by atoms with Crippen molar-refractivity contribution < 1.29 is 0 Å².